The lowest BCUT2D eigenvalue weighted by molar-refractivity contribution is -0.167. The summed E-state index contributed by atoms with van der Waals surface area (Å²) >= 11 is 0. The third-order valence-electron chi connectivity index (χ3n) is 9.58. The molecule has 0 radical (unpaired) electrons. The van der Waals surface area contributed by atoms with Crippen molar-refractivity contribution in [2.24, 2.45) is 0 Å². The molecule has 338 valence electrons. The van der Waals surface area contributed by atoms with Gasteiger partial charge in [-0.15, -0.1) is 0 Å². The highest BCUT2D eigenvalue weighted by Crippen LogP contribution is 2.12. The summed E-state index contributed by atoms with van der Waals surface area (Å²) in [5, 5.41) is 0. The van der Waals surface area contributed by atoms with Crippen LogP contribution in [0.5, 0.6) is 0 Å². The molecule has 0 aromatic heterocycles. The molecular formula is C54H86O6. The largest absolute Gasteiger partial charge is 0.462 e. The highest BCUT2D eigenvalue weighted by atomic mass is 16.6. The summed E-state index contributed by atoms with van der Waals surface area (Å²) in [7, 11) is 0. The third kappa shape index (κ3) is 45.2. The minimum Gasteiger partial charge on any atom is -0.462 e. The number of carbonyl (C=O) groups excluding carboxylic acids is 3. The van der Waals surface area contributed by atoms with Crippen molar-refractivity contribution < 1.29 is 28.6 Å². The molecule has 0 heterocycles. The van der Waals surface area contributed by atoms with Crippen molar-refractivity contribution in [3.05, 3.63) is 109 Å². The van der Waals surface area contributed by atoms with E-state index >= 15 is 0 Å². The van der Waals surface area contributed by atoms with Crippen LogP contribution in [0.4, 0.5) is 0 Å². The zero-order chi connectivity index (χ0) is 43.7. The van der Waals surface area contributed by atoms with Gasteiger partial charge >= 0.3 is 17.9 Å². The van der Waals surface area contributed by atoms with Crippen LogP contribution in [0.3, 0.4) is 0 Å². The maximum absolute atomic E-state index is 12.7. The molecule has 0 aliphatic heterocycles. The number of carbonyl (C=O) groups is 3. The second kappa shape index (κ2) is 47.7. The molecule has 60 heavy (non-hydrogen) atoms. The number of ether oxygens (including phenoxy) is 3. The van der Waals surface area contributed by atoms with Crippen molar-refractivity contribution in [1.82, 2.24) is 0 Å². The summed E-state index contributed by atoms with van der Waals surface area (Å²) in [6.07, 6.45) is 63.6. The van der Waals surface area contributed by atoms with E-state index in [0.717, 1.165) is 109 Å². The zero-order valence-corrected chi connectivity index (χ0v) is 38.4. The molecule has 0 aliphatic rings. The highest BCUT2D eigenvalue weighted by molar-refractivity contribution is 5.71. The van der Waals surface area contributed by atoms with E-state index in [1.807, 2.05) is 24.3 Å². The smallest absolute Gasteiger partial charge is 0.306 e. The fourth-order valence-corrected chi connectivity index (χ4v) is 5.95. The van der Waals surface area contributed by atoms with Gasteiger partial charge in [-0.3, -0.25) is 14.4 Å². The molecular weight excluding hydrogens is 745 g/mol. The van der Waals surface area contributed by atoms with Gasteiger partial charge in [-0.1, -0.05) is 188 Å². The van der Waals surface area contributed by atoms with E-state index in [2.05, 4.69) is 106 Å². The lowest BCUT2D eigenvalue weighted by Crippen LogP contribution is -2.30. The van der Waals surface area contributed by atoms with Crippen LogP contribution >= 0.6 is 0 Å². The third-order valence-corrected chi connectivity index (χ3v) is 9.58. The van der Waals surface area contributed by atoms with Crippen LogP contribution < -0.4 is 0 Å². The molecule has 6 nitrogen and oxygen atoms in total. The summed E-state index contributed by atoms with van der Waals surface area (Å²) < 4.78 is 16.6. The Bertz CT molecular complexity index is 1280. The first-order valence-electron chi connectivity index (χ1n) is 23.9. The fraction of sp³-hybridized carbons (Fsp3) is 0.611. The van der Waals surface area contributed by atoms with Gasteiger partial charge in [-0.25, -0.2) is 0 Å². The Labute approximate surface area is 368 Å². The normalized spacial score (nSPS) is 13.1. The van der Waals surface area contributed by atoms with Crippen molar-refractivity contribution in [2.75, 3.05) is 13.2 Å². The maximum atomic E-state index is 12.7. The molecule has 1 atom stereocenters. The predicted octanol–water partition coefficient (Wildman–Crippen LogP) is 15.6. The molecule has 6 heteroatoms. The molecule has 0 aromatic carbocycles. The van der Waals surface area contributed by atoms with Gasteiger partial charge in [-0.05, 0) is 96.3 Å². The Balaban J connectivity index is 4.53. The van der Waals surface area contributed by atoms with Gasteiger partial charge in [-0.2, -0.15) is 0 Å². The van der Waals surface area contributed by atoms with Gasteiger partial charge in [0.2, 0.25) is 0 Å². The van der Waals surface area contributed by atoms with Gasteiger partial charge in [0.05, 0.1) is 0 Å². The number of unbranched alkanes of at least 4 members (excludes halogenated alkanes) is 15. The summed E-state index contributed by atoms with van der Waals surface area (Å²) in [6, 6.07) is 0. The molecule has 0 rings (SSSR count). The second-order valence-electron chi connectivity index (χ2n) is 15.4. The van der Waals surface area contributed by atoms with E-state index in [0.29, 0.717) is 12.8 Å². The lowest BCUT2D eigenvalue weighted by Gasteiger charge is -2.18. The summed E-state index contributed by atoms with van der Waals surface area (Å²) in [4.78, 5) is 37.8. The standard InChI is InChI=1S/C54H86O6/c1-4-7-10-13-16-19-22-24-26-27-29-30-32-35-38-41-44-47-53(56)59-50-51(49-58-52(55)46-43-40-37-34-21-18-15-12-9-6-3)60-54(57)48-45-42-39-36-33-31-28-25-23-20-17-14-11-8-5-2/h8,11,14-20,23-26,28-30,35,38,51H,4-7,9-10,12-13,21-22,27,31-34,36-37,39-50H2,1-3H3/b11-8-,17-14-,18-15-,19-16-,23-20-,26-24-,28-25-,30-29-,38-35-. The fourth-order valence-electron chi connectivity index (χ4n) is 5.95. The molecule has 1 unspecified atom stereocenters. The van der Waals surface area contributed by atoms with E-state index in [9.17, 15) is 14.4 Å². The van der Waals surface area contributed by atoms with Gasteiger partial charge in [0.25, 0.3) is 0 Å². The SMILES string of the molecule is CC\C=C/C=C\C=C/C=C\CCCCCCCC(=O)OC(COC(=O)CCC/C=C\C/C=C\C/C=C\C/C=C\CCCCC)COC(=O)CCCCCC/C=C\CCCC. The number of allylic oxidation sites excluding steroid dienone is 18. The first kappa shape index (κ1) is 56.1. The van der Waals surface area contributed by atoms with Crippen molar-refractivity contribution in [2.45, 2.75) is 200 Å². The Morgan fingerprint density at radius 2 is 0.750 bits per heavy atom. The van der Waals surface area contributed by atoms with Crippen LogP contribution in [-0.2, 0) is 28.6 Å². The summed E-state index contributed by atoms with van der Waals surface area (Å²) in [5.74, 6) is -1.02. The van der Waals surface area contributed by atoms with Gasteiger partial charge < -0.3 is 14.2 Å². The molecule has 0 N–H and O–H groups in total. The second-order valence-corrected chi connectivity index (χ2v) is 15.4. The monoisotopic (exact) mass is 831 g/mol. The number of rotatable bonds is 41. The first-order chi connectivity index (χ1) is 29.5. The molecule has 0 saturated heterocycles. The summed E-state index contributed by atoms with van der Waals surface area (Å²) in [5.41, 5.74) is 0. The zero-order valence-electron chi connectivity index (χ0n) is 38.4. The highest BCUT2D eigenvalue weighted by Gasteiger charge is 2.19. The molecule has 0 amide bonds. The summed E-state index contributed by atoms with van der Waals surface area (Å²) in [6.45, 7) is 6.32. The average Bonchev–Trinajstić information content (AvgIpc) is 3.24. The quantitative estimate of drug-likeness (QED) is 0.0201. The van der Waals surface area contributed by atoms with Crippen molar-refractivity contribution in [3.63, 3.8) is 0 Å². The van der Waals surface area contributed by atoms with E-state index in [1.54, 1.807) is 0 Å². The van der Waals surface area contributed by atoms with E-state index in [1.165, 1.54) is 38.5 Å². The Kier molecular flexibility index (Phi) is 44.6. The van der Waals surface area contributed by atoms with Crippen LogP contribution in [-0.4, -0.2) is 37.2 Å². The number of hydrogen-bond acceptors (Lipinski definition) is 6. The minimum absolute atomic E-state index is 0.114. The topological polar surface area (TPSA) is 78.9 Å². The molecule has 0 aliphatic carbocycles. The van der Waals surface area contributed by atoms with Crippen molar-refractivity contribution in [1.29, 1.82) is 0 Å². The Morgan fingerprint density at radius 3 is 1.30 bits per heavy atom. The van der Waals surface area contributed by atoms with Crippen LogP contribution in [0.15, 0.2) is 109 Å². The molecule has 0 bridgehead atoms. The molecule has 0 spiro atoms. The van der Waals surface area contributed by atoms with Gasteiger partial charge in [0.1, 0.15) is 13.2 Å². The van der Waals surface area contributed by atoms with Crippen LogP contribution in [0, 0.1) is 0 Å². The van der Waals surface area contributed by atoms with E-state index < -0.39 is 6.10 Å². The molecule has 0 aromatic rings. The van der Waals surface area contributed by atoms with Crippen LogP contribution in [0.2, 0.25) is 0 Å². The minimum atomic E-state index is -0.817. The maximum Gasteiger partial charge on any atom is 0.306 e. The van der Waals surface area contributed by atoms with E-state index in [4.69, 9.17) is 14.2 Å². The Hall–Kier alpha value is -3.93. The van der Waals surface area contributed by atoms with Gasteiger partial charge in [0, 0.05) is 19.3 Å². The Morgan fingerprint density at radius 1 is 0.367 bits per heavy atom. The van der Waals surface area contributed by atoms with Crippen LogP contribution in [0.1, 0.15) is 194 Å². The van der Waals surface area contributed by atoms with Crippen molar-refractivity contribution >= 4 is 17.9 Å². The molecule has 0 saturated carbocycles. The van der Waals surface area contributed by atoms with E-state index in [-0.39, 0.29) is 44.0 Å². The predicted molar refractivity (Wildman–Crippen MR) is 256 cm³/mol. The number of hydrogen-bond donors (Lipinski definition) is 0. The van der Waals surface area contributed by atoms with Gasteiger partial charge in [0.15, 0.2) is 6.10 Å². The van der Waals surface area contributed by atoms with Crippen molar-refractivity contribution in [3.8, 4) is 0 Å². The average molecular weight is 831 g/mol. The lowest BCUT2D eigenvalue weighted by atomic mass is 10.1. The molecule has 0 fully saturated rings. The first-order valence-corrected chi connectivity index (χ1v) is 23.9. The number of esters is 3. The van der Waals surface area contributed by atoms with Crippen LogP contribution in [0.25, 0.3) is 0 Å².